The second kappa shape index (κ2) is 5.05. The summed E-state index contributed by atoms with van der Waals surface area (Å²) in [4.78, 5) is 11.0. The summed E-state index contributed by atoms with van der Waals surface area (Å²) in [6, 6.07) is 5.26. The Hall–Kier alpha value is -1.75. The number of phenols is 1. The summed E-state index contributed by atoms with van der Waals surface area (Å²) >= 11 is 0. The van der Waals surface area contributed by atoms with E-state index in [2.05, 4.69) is 10.6 Å². The van der Waals surface area contributed by atoms with Crippen molar-refractivity contribution in [2.45, 2.75) is 18.9 Å². The Labute approximate surface area is 100 Å². The highest BCUT2D eigenvalue weighted by Crippen LogP contribution is 2.23. The van der Waals surface area contributed by atoms with Crippen LogP contribution in [-0.4, -0.2) is 30.1 Å². The van der Waals surface area contributed by atoms with Crippen molar-refractivity contribution in [3.05, 3.63) is 23.8 Å². The first-order valence-corrected chi connectivity index (χ1v) is 5.77. The average Bonchev–Trinajstić information content (AvgIpc) is 2.30. The summed E-state index contributed by atoms with van der Waals surface area (Å²) < 4.78 is 0. The number of rotatable bonds is 3. The van der Waals surface area contributed by atoms with Crippen LogP contribution >= 0.6 is 0 Å². The van der Waals surface area contributed by atoms with Crippen molar-refractivity contribution in [3.8, 4) is 5.75 Å². The number of piperidine rings is 1. The molecule has 0 saturated carbocycles. The van der Waals surface area contributed by atoms with Crippen molar-refractivity contribution >= 4 is 11.6 Å². The van der Waals surface area contributed by atoms with Crippen molar-refractivity contribution in [1.29, 1.82) is 0 Å². The number of nitrogens with one attached hydrogen (secondary N) is 2. The number of nitrogens with two attached hydrogens (primary N) is 1. The first-order chi connectivity index (χ1) is 8.16. The molecule has 1 aromatic rings. The molecule has 1 heterocycles. The summed E-state index contributed by atoms with van der Waals surface area (Å²) in [6.45, 7) is 2.01. The smallest absolute Gasteiger partial charge is 0.252 e. The van der Waals surface area contributed by atoms with Gasteiger partial charge in [-0.05, 0) is 38.1 Å². The number of benzene rings is 1. The van der Waals surface area contributed by atoms with Gasteiger partial charge in [-0.25, -0.2) is 0 Å². The molecule has 1 amide bonds. The fraction of sp³-hybridized carbons (Fsp3) is 0.417. The van der Waals surface area contributed by atoms with E-state index in [1.807, 2.05) is 0 Å². The van der Waals surface area contributed by atoms with Gasteiger partial charge in [-0.2, -0.15) is 0 Å². The van der Waals surface area contributed by atoms with Gasteiger partial charge in [0.25, 0.3) is 5.91 Å². The molecule has 0 bridgehead atoms. The van der Waals surface area contributed by atoms with Crippen LogP contribution in [0.2, 0.25) is 0 Å². The molecule has 0 atom stereocenters. The van der Waals surface area contributed by atoms with Gasteiger partial charge in [0.2, 0.25) is 0 Å². The normalized spacial score (nSPS) is 16.7. The Balaban J connectivity index is 2.06. The number of anilines is 1. The summed E-state index contributed by atoms with van der Waals surface area (Å²) in [7, 11) is 0. The van der Waals surface area contributed by atoms with Crippen LogP contribution in [0.3, 0.4) is 0 Å². The largest absolute Gasteiger partial charge is 0.507 e. The first kappa shape index (κ1) is 11.7. The maximum absolute atomic E-state index is 11.0. The molecule has 1 fully saturated rings. The molecule has 5 nitrogen and oxygen atoms in total. The van der Waals surface area contributed by atoms with Gasteiger partial charge in [-0.15, -0.1) is 0 Å². The number of primary amides is 1. The predicted molar refractivity (Wildman–Crippen MR) is 66.1 cm³/mol. The molecule has 1 aromatic carbocycles. The molecule has 2 rings (SSSR count). The van der Waals surface area contributed by atoms with Crippen molar-refractivity contribution in [3.63, 3.8) is 0 Å². The summed E-state index contributed by atoms with van der Waals surface area (Å²) in [5, 5.41) is 16.3. The molecular weight excluding hydrogens is 218 g/mol. The van der Waals surface area contributed by atoms with E-state index < -0.39 is 5.91 Å². The Kier molecular flexibility index (Phi) is 3.49. The molecule has 1 aliphatic heterocycles. The van der Waals surface area contributed by atoms with Crippen molar-refractivity contribution < 1.29 is 9.90 Å². The van der Waals surface area contributed by atoms with Crippen molar-refractivity contribution in [2.24, 2.45) is 5.73 Å². The van der Waals surface area contributed by atoms with Crippen LogP contribution < -0.4 is 16.4 Å². The third-order valence-corrected chi connectivity index (χ3v) is 2.97. The van der Waals surface area contributed by atoms with E-state index in [4.69, 9.17) is 5.73 Å². The average molecular weight is 235 g/mol. The molecule has 1 saturated heterocycles. The predicted octanol–water partition coefficient (Wildman–Crippen LogP) is 0.655. The van der Waals surface area contributed by atoms with Crippen LogP contribution in [0.1, 0.15) is 23.2 Å². The summed E-state index contributed by atoms with van der Waals surface area (Å²) in [6.07, 6.45) is 2.11. The third kappa shape index (κ3) is 2.88. The minimum atomic E-state index is -0.615. The lowest BCUT2D eigenvalue weighted by molar-refractivity contribution is 0.0998. The van der Waals surface area contributed by atoms with Gasteiger partial charge in [0.05, 0.1) is 5.56 Å². The van der Waals surface area contributed by atoms with Gasteiger partial charge >= 0.3 is 0 Å². The number of hydrogen-bond donors (Lipinski definition) is 4. The van der Waals surface area contributed by atoms with Crippen LogP contribution in [0.5, 0.6) is 5.75 Å². The second-order valence-electron chi connectivity index (χ2n) is 4.26. The SMILES string of the molecule is NC(=O)c1ccc(NC2CCNCC2)cc1O. The first-order valence-electron chi connectivity index (χ1n) is 5.77. The fourth-order valence-corrected chi connectivity index (χ4v) is 2.03. The Morgan fingerprint density at radius 2 is 2.12 bits per heavy atom. The van der Waals surface area contributed by atoms with Gasteiger partial charge in [0.1, 0.15) is 5.75 Å². The standard InChI is InChI=1S/C12H17N3O2/c13-12(17)10-2-1-9(7-11(10)16)15-8-3-5-14-6-4-8/h1-2,7-8,14-16H,3-6H2,(H2,13,17). The summed E-state index contributed by atoms with van der Waals surface area (Å²) in [5.74, 6) is -0.688. The van der Waals surface area contributed by atoms with Crippen LogP contribution in [-0.2, 0) is 0 Å². The van der Waals surface area contributed by atoms with E-state index in [1.165, 1.54) is 0 Å². The maximum Gasteiger partial charge on any atom is 0.252 e. The van der Waals surface area contributed by atoms with E-state index in [1.54, 1.807) is 18.2 Å². The van der Waals surface area contributed by atoms with E-state index in [-0.39, 0.29) is 11.3 Å². The lowest BCUT2D eigenvalue weighted by atomic mass is 10.1. The monoisotopic (exact) mass is 235 g/mol. The number of hydrogen-bond acceptors (Lipinski definition) is 4. The van der Waals surface area contributed by atoms with Crippen LogP contribution in [0.25, 0.3) is 0 Å². The molecular formula is C12H17N3O2. The topological polar surface area (TPSA) is 87.4 Å². The molecule has 0 aliphatic carbocycles. The van der Waals surface area contributed by atoms with Crippen LogP contribution in [0.4, 0.5) is 5.69 Å². The van der Waals surface area contributed by atoms with Gasteiger partial charge in [0, 0.05) is 17.8 Å². The van der Waals surface area contributed by atoms with Crippen molar-refractivity contribution in [2.75, 3.05) is 18.4 Å². The lowest BCUT2D eigenvalue weighted by Crippen LogP contribution is -2.35. The maximum atomic E-state index is 11.0. The fourth-order valence-electron chi connectivity index (χ4n) is 2.03. The van der Waals surface area contributed by atoms with Gasteiger partial charge < -0.3 is 21.5 Å². The minimum absolute atomic E-state index is 0.0727. The number of carbonyl (C=O) groups is 1. The van der Waals surface area contributed by atoms with E-state index in [9.17, 15) is 9.90 Å². The molecule has 5 N–H and O–H groups in total. The van der Waals surface area contributed by atoms with Gasteiger partial charge in [0.15, 0.2) is 0 Å². The second-order valence-corrected chi connectivity index (χ2v) is 4.26. The quantitative estimate of drug-likeness (QED) is 0.619. The zero-order valence-corrected chi connectivity index (χ0v) is 9.57. The lowest BCUT2D eigenvalue weighted by Gasteiger charge is -2.24. The minimum Gasteiger partial charge on any atom is -0.507 e. The Morgan fingerprint density at radius 3 is 2.71 bits per heavy atom. The van der Waals surface area contributed by atoms with Gasteiger partial charge in [-0.1, -0.05) is 0 Å². The number of aromatic hydroxyl groups is 1. The Morgan fingerprint density at radius 1 is 1.41 bits per heavy atom. The molecule has 17 heavy (non-hydrogen) atoms. The summed E-state index contributed by atoms with van der Waals surface area (Å²) in [5.41, 5.74) is 6.09. The molecule has 0 unspecified atom stereocenters. The number of amides is 1. The number of carbonyl (C=O) groups excluding carboxylic acids is 1. The van der Waals surface area contributed by atoms with Crippen LogP contribution in [0, 0.1) is 0 Å². The molecule has 5 heteroatoms. The van der Waals surface area contributed by atoms with Crippen LogP contribution in [0.15, 0.2) is 18.2 Å². The molecule has 0 spiro atoms. The molecule has 92 valence electrons. The highest BCUT2D eigenvalue weighted by Gasteiger charge is 2.14. The zero-order chi connectivity index (χ0) is 12.3. The Bertz CT molecular complexity index is 414. The van der Waals surface area contributed by atoms with E-state index in [0.717, 1.165) is 31.6 Å². The highest BCUT2D eigenvalue weighted by atomic mass is 16.3. The van der Waals surface area contributed by atoms with E-state index in [0.29, 0.717) is 6.04 Å². The third-order valence-electron chi connectivity index (χ3n) is 2.97. The zero-order valence-electron chi connectivity index (χ0n) is 9.57. The molecule has 1 aliphatic rings. The van der Waals surface area contributed by atoms with Crippen molar-refractivity contribution in [1.82, 2.24) is 5.32 Å². The molecule has 0 aromatic heterocycles. The highest BCUT2D eigenvalue weighted by molar-refractivity contribution is 5.96. The van der Waals surface area contributed by atoms with Gasteiger partial charge in [-0.3, -0.25) is 4.79 Å². The molecule has 0 radical (unpaired) electrons. The van der Waals surface area contributed by atoms with E-state index >= 15 is 0 Å².